The molecule has 9 heteroatoms. The smallest absolute Gasteiger partial charge is 0.268 e. The number of allylic oxidation sites excluding steroid dienone is 12. The zero-order valence-corrected chi connectivity index (χ0v) is 37.5. The predicted octanol–water partition coefficient (Wildman–Crippen LogP) is 11.8. The molecule has 0 spiro atoms. The Balaban J connectivity index is 4.52. The summed E-state index contributed by atoms with van der Waals surface area (Å²) in [6, 6.07) is -0.844. The molecule has 56 heavy (non-hydrogen) atoms. The van der Waals surface area contributed by atoms with Crippen LogP contribution in [-0.4, -0.2) is 68.5 Å². The molecule has 2 N–H and O–H groups in total. The Hall–Kier alpha value is -2.06. The summed E-state index contributed by atoms with van der Waals surface area (Å²) in [7, 11) is 1.25. The molecule has 8 nitrogen and oxygen atoms in total. The van der Waals surface area contributed by atoms with Gasteiger partial charge in [-0.15, -0.1) is 0 Å². The minimum Gasteiger partial charge on any atom is -0.756 e. The van der Waals surface area contributed by atoms with Crippen LogP contribution in [0.5, 0.6) is 0 Å². The lowest BCUT2D eigenvalue weighted by Crippen LogP contribution is -2.46. The van der Waals surface area contributed by atoms with Crippen LogP contribution in [0.25, 0.3) is 0 Å². The molecule has 1 amide bonds. The molecule has 0 bridgehead atoms. The van der Waals surface area contributed by atoms with Crippen molar-refractivity contribution in [2.24, 2.45) is 0 Å². The van der Waals surface area contributed by atoms with Gasteiger partial charge in [0.15, 0.2) is 0 Å². The molecule has 0 aliphatic heterocycles. The molecule has 0 saturated carbocycles. The first-order chi connectivity index (χ1) is 27.0. The average Bonchev–Trinajstić information content (AvgIpc) is 3.15. The number of amides is 1. The van der Waals surface area contributed by atoms with Crippen LogP contribution in [0, 0.1) is 0 Å². The number of aliphatic hydroxyl groups is 1. The second-order valence-electron chi connectivity index (χ2n) is 16.0. The highest BCUT2D eigenvalue weighted by Gasteiger charge is 2.24. The SMILES string of the molecule is CC/C=C\C/C=C\C/C=C\C/C=C\C/C=C\C/C=C\CCC(=O)NC(COP(=O)([O-])OCC[N+](C)(C)C)C(O)CCCCCCCCCCCCCCCCC. The first-order valence-electron chi connectivity index (χ1n) is 22.3. The van der Waals surface area contributed by atoms with Gasteiger partial charge < -0.3 is 28.8 Å². The third-order valence-corrected chi connectivity index (χ3v) is 10.4. The fourth-order valence-corrected chi connectivity index (χ4v) is 6.67. The summed E-state index contributed by atoms with van der Waals surface area (Å²) in [6.07, 6.45) is 50.6. The topological polar surface area (TPSA) is 108 Å². The van der Waals surface area contributed by atoms with Crippen molar-refractivity contribution in [3.05, 3.63) is 72.9 Å². The number of hydrogen-bond donors (Lipinski definition) is 2. The summed E-state index contributed by atoms with van der Waals surface area (Å²) in [5, 5.41) is 13.8. The van der Waals surface area contributed by atoms with Crippen LogP contribution in [0.2, 0.25) is 0 Å². The van der Waals surface area contributed by atoms with E-state index in [4.69, 9.17) is 9.05 Å². The number of phosphoric acid groups is 1. The lowest BCUT2D eigenvalue weighted by atomic mass is 10.0. The molecule has 3 unspecified atom stereocenters. The molecule has 324 valence electrons. The molecule has 0 aromatic carbocycles. The summed E-state index contributed by atoms with van der Waals surface area (Å²) in [5.41, 5.74) is 0. The maximum atomic E-state index is 12.8. The summed E-state index contributed by atoms with van der Waals surface area (Å²) in [5.74, 6) is -0.250. The van der Waals surface area contributed by atoms with E-state index in [1.165, 1.54) is 77.0 Å². The zero-order chi connectivity index (χ0) is 41.4. The number of unbranched alkanes of at least 4 members (excludes halogenated alkanes) is 14. The normalized spacial score (nSPS) is 15.1. The van der Waals surface area contributed by atoms with E-state index in [0.717, 1.165) is 57.8 Å². The third-order valence-electron chi connectivity index (χ3n) is 9.47. The van der Waals surface area contributed by atoms with Gasteiger partial charge in [-0.25, -0.2) is 0 Å². The fourth-order valence-electron chi connectivity index (χ4n) is 5.94. The highest BCUT2D eigenvalue weighted by molar-refractivity contribution is 7.45. The molecule has 0 aliphatic rings. The van der Waals surface area contributed by atoms with Crippen molar-refractivity contribution >= 4 is 13.7 Å². The average molecular weight is 805 g/mol. The third kappa shape index (κ3) is 40.1. The molecule has 0 rings (SSSR count). The van der Waals surface area contributed by atoms with E-state index in [2.05, 4.69) is 79.9 Å². The minimum atomic E-state index is -4.59. The van der Waals surface area contributed by atoms with Gasteiger partial charge in [0.2, 0.25) is 5.91 Å². The van der Waals surface area contributed by atoms with Crippen molar-refractivity contribution in [2.75, 3.05) is 40.9 Å². The summed E-state index contributed by atoms with van der Waals surface area (Å²) >= 11 is 0. The molecular weight excluding hydrogens is 719 g/mol. The second-order valence-corrected chi connectivity index (χ2v) is 17.4. The summed E-state index contributed by atoms with van der Waals surface area (Å²) in [4.78, 5) is 25.3. The van der Waals surface area contributed by atoms with Gasteiger partial charge in [-0.3, -0.25) is 9.36 Å². The van der Waals surface area contributed by atoms with Crippen LogP contribution in [0.3, 0.4) is 0 Å². The Morgan fingerprint density at radius 1 is 0.643 bits per heavy atom. The maximum absolute atomic E-state index is 12.8. The Bertz CT molecular complexity index is 1140. The number of likely N-dealkylation sites (N-methyl/N-ethyl adjacent to an activating group) is 1. The van der Waals surface area contributed by atoms with Gasteiger partial charge >= 0.3 is 0 Å². The number of hydrogen-bond acceptors (Lipinski definition) is 6. The number of rotatable bonds is 39. The fraction of sp³-hybridized carbons (Fsp3) is 0.723. The van der Waals surface area contributed by atoms with Crippen LogP contribution in [0.1, 0.15) is 168 Å². The van der Waals surface area contributed by atoms with Gasteiger partial charge in [0.05, 0.1) is 39.9 Å². The van der Waals surface area contributed by atoms with E-state index in [1.54, 1.807) is 0 Å². The monoisotopic (exact) mass is 805 g/mol. The van der Waals surface area contributed by atoms with E-state index in [-0.39, 0.29) is 25.5 Å². The van der Waals surface area contributed by atoms with Crippen molar-refractivity contribution in [1.29, 1.82) is 0 Å². The first-order valence-corrected chi connectivity index (χ1v) is 23.7. The van der Waals surface area contributed by atoms with E-state index in [9.17, 15) is 19.4 Å². The number of nitrogens with zero attached hydrogens (tertiary/aromatic N) is 1. The molecule has 0 heterocycles. The Kier molecular flexibility index (Phi) is 37.0. The lowest BCUT2D eigenvalue weighted by Gasteiger charge is -2.30. The van der Waals surface area contributed by atoms with E-state index < -0.39 is 20.0 Å². The van der Waals surface area contributed by atoms with Crippen molar-refractivity contribution in [1.82, 2.24) is 5.32 Å². The van der Waals surface area contributed by atoms with Gasteiger partial charge in [0.1, 0.15) is 13.2 Å². The molecule has 0 fully saturated rings. The molecule has 0 aliphatic carbocycles. The van der Waals surface area contributed by atoms with Crippen LogP contribution < -0.4 is 10.2 Å². The van der Waals surface area contributed by atoms with Crippen LogP contribution in [0.15, 0.2) is 72.9 Å². The van der Waals surface area contributed by atoms with Gasteiger partial charge in [0.25, 0.3) is 7.82 Å². The summed E-state index contributed by atoms with van der Waals surface area (Å²) < 4.78 is 23.2. The number of nitrogens with one attached hydrogen (secondary N) is 1. The molecule has 0 aromatic heterocycles. The van der Waals surface area contributed by atoms with Gasteiger partial charge in [-0.2, -0.15) is 0 Å². The molecule has 3 atom stereocenters. The standard InChI is InChI=1S/C47H85N2O6P/c1-6-8-10-12-14-16-18-20-22-23-24-25-27-29-31-33-35-37-39-41-47(51)48-45(44-55-56(52,53)54-43-42-49(3,4)5)46(50)40-38-36-34-32-30-28-26-21-19-17-15-13-11-9-7-2/h8,10,14,16,20,22,24-25,29,31,35,37,45-46,50H,6-7,9,11-13,15,17-19,21,23,26-28,30,32-34,36,38-44H2,1-5H3,(H-,48,51,52,53)/b10-8-,16-14-,22-20-,25-24-,31-29-,37-35-. The van der Waals surface area contributed by atoms with Gasteiger partial charge in [-0.1, -0.05) is 183 Å². The van der Waals surface area contributed by atoms with Crippen molar-refractivity contribution in [3.63, 3.8) is 0 Å². The van der Waals surface area contributed by atoms with Crippen molar-refractivity contribution < 1.29 is 32.9 Å². The predicted molar refractivity (Wildman–Crippen MR) is 237 cm³/mol. The number of aliphatic hydroxyl groups excluding tert-OH is 1. The molecular formula is C47H85N2O6P. The Morgan fingerprint density at radius 2 is 1.05 bits per heavy atom. The van der Waals surface area contributed by atoms with Crippen LogP contribution >= 0.6 is 7.82 Å². The number of quaternary nitrogens is 1. The van der Waals surface area contributed by atoms with Crippen LogP contribution in [0.4, 0.5) is 0 Å². The maximum Gasteiger partial charge on any atom is 0.268 e. The van der Waals surface area contributed by atoms with E-state index in [1.807, 2.05) is 33.3 Å². The molecule has 0 aromatic rings. The van der Waals surface area contributed by atoms with Crippen molar-refractivity contribution in [2.45, 2.75) is 180 Å². The highest BCUT2D eigenvalue weighted by Crippen LogP contribution is 2.38. The largest absolute Gasteiger partial charge is 0.756 e. The number of carbonyl (C=O) groups is 1. The lowest BCUT2D eigenvalue weighted by molar-refractivity contribution is -0.870. The van der Waals surface area contributed by atoms with E-state index >= 15 is 0 Å². The highest BCUT2D eigenvalue weighted by atomic mass is 31.2. The quantitative estimate of drug-likeness (QED) is 0.0277. The minimum absolute atomic E-state index is 0.00502. The Labute approximate surface area is 344 Å². The molecule has 0 saturated heterocycles. The second kappa shape index (κ2) is 38.5. The van der Waals surface area contributed by atoms with Crippen LogP contribution in [-0.2, 0) is 18.4 Å². The number of phosphoric ester groups is 1. The molecule has 0 radical (unpaired) electrons. The first kappa shape index (κ1) is 53.9. The van der Waals surface area contributed by atoms with Gasteiger partial charge in [0, 0.05) is 6.42 Å². The zero-order valence-electron chi connectivity index (χ0n) is 36.6. The van der Waals surface area contributed by atoms with Gasteiger partial charge in [-0.05, 0) is 51.4 Å². The number of carbonyl (C=O) groups excluding carboxylic acids is 1. The summed E-state index contributed by atoms with van der Waals surface area (Å²) in [6.45, 7) is 4.53. The van der Waals surface area contributed by atoms with Crippen molar-refractivity contribution in [3.8, 4) is 0 Å². The van der Waals surface area contributed by atoms with E-state index in [0.29, 0.717) is 23.9 Å². The Morgan fingerprint density at radius 3 is 1.48 bits per heavy atom.